The van der Waals surface area contributed by atoms with E-state index in [0.717, 1.165) is 32.4 Å². The molecule has 2 heterocycles. The molecule has 0 atom stereocenters. The molecule has 0 bridgehead atoms. The summed E-state index contributed by atoms with van der Waals surface area (Å²) in [6.07, 6.45) is 4.55. The Balaban J connectivity index is 2.29. The number of oxime groups is 1. The van der Waals surface area contributed by atoms with Gasteiger partial charge in [0.15, 0.2) is 5.84 Å². The molecule has 1 saturated heterocycles. The van der Waals surface area contributed by atoms with Crippen molar-refractivity contribution >= 4 is 17.3 Å². The van der Waals surface area contributed by atoms with Gasteiger partial charge in [0.05, 0.1) is 4.92 Å². The molecule has 8 heteroatoms. The summed E-state index contributed by atoms with van der Waals surface area (Å²) in [5, 5.41) is 22.7. The van der Waals surface area contributed by atoms with E-state index in [4.69, 9.17) is 10.9 Å². The van der Waals surface area contributed by atoms with Gasteiger partial charge in [-0.05, 0) is 18.8 Å². The summed E-state index contributed by atoms with van der Waals surface area (Å²) in [5.74, 6) is 0.836. The molecule has 0 spiro atoms. The fraction of sp³-hybridized carbons (Fsp3) is 0.538. The minimum Gasteiger partial charge on any atom is -0.409 e. The molecule has 0 aromatic carbocycles. The van der Waals surface area contributed by atoms with Crippen LogP contribution in [0.5, 0.6) is 0 Å². The zero-order chi connectivity index (χ0) is 15.4. The first-order valence-corrected chi connectivity index (χ1v) is 6.94. The third-order valence-electron chi connectivity index (χ3n) is 3.94. The second-order valence-electron chi connectivity index (χ2n) is 5.15. The highest BCUT2D eigenvalue weighted by molar-refractivity contribution is 5.97. The van der Waals surface area contributed by atoms with Gasteiger partial charge >= 0.3 is 5.69 Å². The number of rotatable bonds is 4. The van der Waals surface area contributed by atoms with Gasteiger partial charge in [-0.25, -0.2) is 4.98 Å². The van der Waals surface area contributed by atoms with Crippen molar-refractivity contribution in [3.63, 3.8) is 0 Å². The Kier molecular flexibility index (Phi) is 4.56. The van der Waals surface area contributed by atoms with Crippen LogP contribution >= 0.6 is 0 Å². The van der Waals surface area contributed by atoms with E-state index in [-0.39, 0.29) is 17.1 Å². The van der Waals surface area contributed by atoms with Gasteiger partial charge < -0.3 is 15.8 Å². The van der Waals surface area contributed by atoms with E-state index in [1.165, 1.54) is 12.3 Å². The van der Waals surface area contributed by atoms with Gasteiger partial charge in [-0.3, -0.25) is 10.1 Å². The third-order valence-corrected chi connectivity index (χ3v) is 3.94. The molecule has 0 aliphatic carbocycles. The quantitative estimate of drug-likeness (QED) is 0.287. The van der Waals surface area contributed by atoms with Crippen LogP contribution in [0, 0.1) is 16.0 Å². The predicted octanol–water partition coefficient (Wildman–Crippen LogP) is 1.71. The highest BCUT2D eigenvalue weighted by Crippen LogP contribution is 2.30. The number of pyridine rings is 1. The van der Waals surface area contributed by atoms with E-state index >= 15 is 0 Å². The van der Waals surface area contributed by atoms with Crippen molar-refractivity contribution < 1.29 is 10.1 Å². The summed E-state index contributed by atoms with van der Waals surface area (Å²) in [5.41, 5.74) is 5.57. The average Bonchev–Trinajstić information content (AvgIpc) is 2.53. The highest BCUT2D eigenvalue weighted by atomic mass is 16.6. The number of nitrogens with two attached hydrogens (primary N) is 1. The lowest BCUT2D eigenvalue weighted by atomic mass is 9.94. The summed E-state index contributed by atoms with van der Waals surface area (Å²) < 4.78 is 0. The standard InChI is InChI=1S/C13H19N5O3/c1-2-9-3-5-17(6-4-9)13-11(18(20)21)7-10(8-15-13)12(14)16-19/h7-9,19H,2-6H2,1H3,(H2,14,16). The Bertz CT molecular complexity index is 553. The van der Waals surface area contributed by atoms with Crippen molar-refractivity contribution in [1.82, 2.24) is 4.98 Å². The van der Waals surface area contributed by atoms with Crippen LogP contribution in [-0.2, 0) is 0 Å². The molecule has 8 nitrogen and oxygen atoms in total. The number of aromatic nitrogens is 1. The molecule has 1 aliphatic heterocycles. The number of hydrogen-bond donors (Lipinski definition) is 2. The summed E-state index contributed by atoms with van der Waals surface area (Å²) in [6, 6.07) is 1.29. The number of nitrogens with zero attached hydrogens (tertiary/aromatic N) is 4. The first kappa shape index (κ1) is 15.0. The monoisotopic (exact) mass is 293 g/mol. The molecule has 1 fully saturated rings. The Morgan fingerprint density at radius 3 is 2.81 bits per heavy atom. The Morgan fingerprint density at radius 1 is 1.62 bits per heavy atom. The average molecular weight is 293 g/mol. The maximum atomic E-state index is 11.2. The van der Waals surface area contributed by atoms with Crippen molar-refractivity contribution in [2.45, 2.75) is 26.2 Å². The van der Waals surface area contributed by atoms with Crippen LogP contribution < -0.4 is 10.6 Å². The maximum Gasteiger partial charge on any atom is 0.312 e. The second kappa shape index (κ2) is 6.38. The van der Waals surface area contributed by atoms with Crippen LogP contribution in [0.3, 0.4) is 0 Å². The number of anilines is 1. The van der Waals surface area contributed by atoms with Crippen LogP contribution in [0.25, 0.3) is 0 Å². The molecule has 0 unspecified atom stereocenters. The minimum absolute atomic E-state index is 0.117. The first-order chi connectivity index (χ1) is 10.1. The topological polar surface area (TPSA) is 118 Å². The van der Waals surface area contributed by atoms with Gasteiger partial charge in [0.25, 0.3) is 0 Å². The van der Waals surface area contributed by atoms with Crippen LogP contribution in [0.15, 0.2) is 17.4 Å². The lowest BCUT2D eigenvalue weighted by Crippen LogP contribution is -2.34. The first-order valence-electron chi connectivity index (χ1n) is 6.94. The summed E-state index contributed by atoms with van der Waals surface area (Å²) in [4.78, 5) is 16.8. The maximum absolute atomic E-state index is 11.2. The fourth-order valence-corrected chi connectivity index (χ4v) is 2.57. The molecule has 1 aliphatic rings. The van der Waals surface area contributed by atoms with E-state index in [0.29, 0.717) is 11.7 Å². The molecule has 114 valence electrons. The second-order valence-corrected chi connectivity index (χ2v) is 5.15. The van der Waals surface area contributed by atoms with Crippen LogP contribution in [0.1, 0.15) is 31.7 Å². The van der Waals surface area contributed by atoms with Gasteiger partial charge in [-0.2, -0.15) is 0 Å². The Morgan fingerprint density at radius 2 is 2.29 bits per heavy atom. The largest absolute Gasteiger partial charge is 0.409 e. The smallest absolute Gasteiger partial charge is 0.312 e. The van der Waals surface area contributed by atoms with Crippen molar-refractivity contribution in [2.75, 3.05) is 18.0 Å². The van der Waals surface area contributed by atoms with E-state index in [9.17, 15) is 10.1 Å². The molecular formula is C13H19N5O3. The van der Waals surface area contributed by atoms with Crippen molar-refractivity contribution in [3.8, 4) is 0 Å². The van der Waals surface area contributed by atoms with Gasteiger partial charge in [0, 0.05) is 30.9 Å². The summed E-state index contributed by atoms with van der Waals surface area (Å²) in [6.45, 7) is 3.68. The minimum atomic E-state index is -0.484. The van der Waals surface area contributed by atoms with Gasteiger partial charge in [-0.15, -0.1) is 0 Å². The van der Waals surface area contributed by atoms with Crippen molar-refractivity contribution in [3.05, 3.63) is 27.9 Å². The van der Waals surface area contributed by atoms with Crippen LogP contribution in [0.2, 0.25) is 0 Å². The number of hydrogen-bond acceptors (Lipinski definition) is 6. The molecule has 2 rings (SSSR count). The van der Waals surface area contributed by atoms with Gasteiger partial charge in [-0.1, -0.05) is 18.5 Å². The molecule has 0 amide bonds. The predicted molar refractivity (Wildman–Crippen MR) is 78.6 cm³/mol. The highest BCUT2D eigenvalue weighted by Gasteiger charge is 2.26. The van der Waals surface area contributed by atoms with Crippen LogP contribution in [0.4, 0.5) is 11.5 Å². The molecule has 21 heavy (non-hydrogen) atoms. The van der Waals surface area contributed by atoms with Crippen molar-refractivity contribution in [2.24, 2.45) is 16.8 Å². The third kappa shape index (κ3) is 3.21. The van der Waals surface area contributed by atoms with E-state index < -0.39 is 4.92 Å². The lowest BCUT2D eigenvalue weighted by molar-refractivity contribution is -0.384. The number of nitro groups is 1. The molecule has 1 aromatic heterocycles. The molecular weight excluding hydrogens is 274 g/mol. The van der Waals surface area contributed by atoms with Crippen LogP contribution in [-0.4, -0.2) is 34.0 Å². The van der Waals surface area contributed by atoms with Gasteiger partial charge in [0.2, 0.25) is 5.82 Å². The zero-order valence-corrected chi connectivity index (χ0v) is 11.9. The summed E-state index contributed by atoms with van der Waals surface area (Å²) in [7, 11) is 0. The zero-order valence-electron chi connectivity index (χ0n) is 11.9. The Hall–Kier alpha value is -2.38. The molecule has 0 radical (unpaired) electrons. The summed E-state index contributed by atoms with van der Waals surface area (Å²) >= 11 is 0. The normalized spacial score (nSPS) is 17.0. The number of piperidine rings is 1. The van der Waals surface area contributed by atoms with Gasteiger partial charge in [0.1, 0.15) is 0 Å². The van der Waals surface area contributed by atoms with E-state index in [1.54, 1.807) is 0 Å². The number of amidine groups is 1. The molecule has 1 aromatic rings. The Labute approximate surface area is 122 Å². The molecule has 0 saturated carbocycles. The SMILES string of the molecule is CCC1CCN(c2ncc(C(N)=NO)cc2[N+](=O)[O-])CC1. The van der Waals surface area contributed by atoms with Crippen molar-refractivity contribution in [1.29, 1.82) is 0 Å². The molecule has 3 N–H and O–H groups in total. The lowest BCUT2D eigenvalue weighted by Gasteiger charge is -2.32. The fourth-order valence-electron chi connectivity index (χ4n) is 2.57. The van der Waals surface area contributed by atoms with E-state index in [1.807, 2.05) is 4.90 Å². The van der Waals surface area contributed by atoms with E-state index in [2.05, 4.69) is 17.1 Å².